The molecular formula is C13H19ClO2S. The largest absolute Gasteiger partial charge is 0.224 e. The topological polar surface area (TPSA) is 34.1 Å². The van der Waals surface area contributed by atoms with Crippen LogP contribution in [0.25, 0.3) is 0 Å². The summed E-state index contributed by atoms with van der Waals surface area (Å²) in [6.07, 6.45) is 0.491. The Kier molecular flexibility index (Phi) is 4.62. The highest BCUT2D eigenvalue weighted by molar-refractivity contribution is 7.91. The lowest BCUT2D eigenvalue weighted by molar-refractivity contribution is 0.586. The molecule has 17 heavy (non-hydrogen) atoms. The van der Waals surface area contributed by atoms with Crippen LogP contribution in [0.3, 0.4) is 0 Å². The van der Waals surface area contributed by atoms with E-state index in [1.165, 1.54) is 0 Å². The van der Waals surface area contributed by atoms with E-state index in [1.54, 1.807) is 12.1 Å². The third-order valence-electron chi connectivity index (χ3n) is 2.63. The standard InChI is InChI=1S/C13H19ClO2S/c1-13(2,3)11-5-7-12(8-6-11)17(15,16)10-4-9-14/h5-8H,4,9-10H2,1-3H3. The van der Waals surface area contributed by atoms with E-state index < -0.39 is 9.84 Å². The van der Waals surface area contributed by atoms with Gasteiger partial charge in [-0.05, 0) is 29.5 Å². The van der Waals surface area contributed by atoms with Crippen molar-refractivity contribution < 1.29 is 8.42 Å². The second kappa shape index (κ2) is 5.40. The van der Waals surface area contributed by atoms with Crippen molar-refractivity contribution in [3.05, 3.63) is 29.8 Å². The minimum Gasteiger partial charge on any atom is -0.224 e. The quantitative estimate of drug-likeness (QED) is 0.789. The van der Waals surface area contributed by atoms with Gasteiger partial charge in [0.15, 0.2) is 9.84 Å². The zero-order valence-corrected chi connectivity index (χ0v) is 12.1. The molecule has 0 bridgehead atoms. The molecule has 0 amide bonds. The van der Waals surface area contributed by atoms with Crippen LogP contribution in [0.4, 0.5) is 0 Å². The first-order valence-corrected chi connectivity index (χ1v) is 7.85. The van der Waals surface area contributed by atoms with Crippen LogP contribution in [-0.2, 0) is 15.3 Å². The molecule has 0 radical (unpaired) electrons. The molecule has 1 rings (SSSR count). The Balaban J connectivity index is 2.95. The maximum Gasteiger partial charge on any atom is 0.178 e. The maximum atomic E-state index is 11.9. The van der Waals surface area contributed by atoms with Gasteiger partial charge in [0, 0.05) is 5.88 Å². The number of alkyl halides is 1. The molecule has 2 nitrogen and oxygen atoms in total. The Morgan fingerprint density at radius 3 is 2.06 bits per heavy atom. The normalized spacial score (nSPS) is 12.7. The van der Waals surface area contributed by atoms with Crippen LogP contribution < -0.4 is 0 Å². The van der Waals surface area contributed by atoms with E-state index in [0.717, 1.165) is 5.56 Å². The fraction of sp³-hybridized carbons (Fsp3) is 0.538. The molecule has 0 heterocycles. The summed E-state index contributed by atoms with van der Waals surface area (Å²) in [5.41, 5.74) is 1.17. The van der Waals surface area contributed by atoms with Crippen LogP contribution in [0.15, 0.2) is 29.2 Å². The van der Waals surface area contributed by atoms with E-state index in [0.29, 0.717) is 17.2 Å². The van der Waals surface area contributed by atoms with Crippen LogP contribution in [0.5, 0.6) is 0 Å². The van der Waals surface area contributed by atoms with E-state index in [9.17, 15) is 8.42 Å². The fourth-order valence-corrected chi connectivity index (χ4v) is 3.13. The lowest BCUT2D eigenvalue weighted by Crippen LogP contribution is -2.12. The summed E-state index contributed by atoms with van der Waals surface area (Å²) in [5, 5.41) is 0. The molecule has 0 saturated carbocycles. The molecule has 1 aromatic rings. The highest BCUT2D eigenvalue weighted by Gasteiger charge is 2.17. The Hall–Kier alpha value is -0.540. The molecular weight excluding hydrogens is 256 g/mol. The summed E-state index contributed by atoms with van der Waals surface area (Å²) in [6, 6.07) is 7.13. The fourth-order valence-electron chi connectivity index (χ4n) is 1.52. The van der Waals surface area contributed by atoms with Crippen LogP contribution in [0.1, 0.15) is 32.8 Å². The van der Waals surface area contributed by atoms with Crippen molar-refractivity contribution >= 4 is 21.4 Å². The van der Waals surface area contributed by atoms with Gasteiger partial charge < -0.3 is 0 Å². The molecule has 0 aliphatic heterocycles. The maximum absolute atomic E-state index is 11.9. The van der Waals surface area contributed by atoms with Gasteiger partial charge in [-0.1, -0.05) is 32.9 Å². The van der Waals surface area contributed by atoms with Crippen LogP contribution in [0.2, 0.25) is 0 Å². The van der Waals surface area contributed by atoms with E-state index in [2.05, 4.69) is 20.8 Å². The molecule has 0 aromatic heterocycles. The van der Waals surface area contributed by atoms with E-state index in [-0.39, 0.29) is 11.2 Å². The average Bonchev–Trinajstić information content (AvgIpc) is 2.25. The molecule has 0 spiro atoms. The van der Waals surface area contributed by atoms with Crippen LogP contribution in [-0.4, -0.2) is 20.1 Å². The van der Waals surface area contributed by atoms with Crippen molar-refractivity contribution in [2.75, 3.05) is 11.6 Å². The predicted octanol–water partition coefficient (Wildman–Crippen LogP) is 3.39. The number of benzene rings is 1. The highest BCUT2D eigenvalue weighted by atomic mass is 35.5. The van der Waals surface area contributed by atoms with Gasteiger partial charge in [-0.25, -0.2) is 8.42 Å². The first-order chi connectivity index (χ1) is 7.77. The van der Waals surface area contributed by atoms with Gasteiger partial charge in [0.05, 0.1) is 10.6 Å². The Labute approximate surface area is 109 Å². The van der Waals surface area contributed by atoms with E-state index in [4.69, 9.17) is 11.6 Å². The smallest absolute Gasteiger partial charge is 0.178 e. The molecule has 0 N–H and O–H groups in total. The SMILES string of the molecule is CC(C)(C)c1ccc(S(=O)(=O)CCCCl)cc1. The number of rotatable bonds is 4. The molecule has 0 unspecified atom stereocenters. The Morgan fingerprint density at radius 1 is 1.12 bits per heavy atom. The minimum absolute atomic E-state index is 0.0401. The van der Waals surface area contributed by atoms with Gasteiger partial charge in [-0.3, -0.25) is 0 Å². The average molecular weight is 275 g/mol. The van der Waals surface area contributed by atoms with Crippen molar-refractivity contribution in [3.63, 3.8) is 0 Å². The lowest BCUT2D eigenvalue weighted by Gasteiger charge is -2.19. The molecule has 0 atom stereocenters. The van der Waals surface area contributed by atoms with E-state index >= 15 is 0 Å². The molecule has 1 aromatic carbocycles. The molecule has 4 heteroatoms. The Bertz CT molecular complexity index is 455. The summed E-state index contributed by atoms with van der Waals surface area (Å²) in [6.45, 7) is 6.30. The molecule has 0 fully saturated rings. The zero-order chi connectivity index (χ0) is 13.1. The zero-order valence-electron chi connectivity index (χ0n) is 10.5. The molecule has 0 saturated heterocycles. The van der Waals surface area contributed by atoms with Gasteiger partial charge in [0.1, 0.15) is 0 Å². The highest BCUT2D eigenvalue weighted by Crippen LogP contribution is 2.23. The monoisotopic (exact) mass is 274 g/mol. The summed E-state index contributed by atoms with van der Waals surface area (Å²) < 4.78 is 23.8. The first kappa shape index (κ1) is 14.5. The van der Waals surface area contributed by atoms with Gasteiger partial charge in [0.25, 0.3) is 0 Å². The summed E-state index contributed by atoms with van der Waals surface area (Å²) in [5.74, 6) is 0.491. The molecule has 0 aliphatic rings. The van der Waals surface area contributed by atoms with E-state index in [1.807, 2.05) is 12.1 Å². The lowest BCUT2D eigenvalue weighted by atomic mass is 9.87. The van der Waals surface area contributed by atoms with Crippen LogP contribution in [0, 0.1) is 0 Å². The minimum atomic E-state index is -3.17. The summed E-state index contributed by atoms with van der Waals surface area (Å²) >= 11 is 5.52. The Morgan fingerprint density at radius 2 is 1.65 bits per heavy atom. The van der Waals surface area contributed by atoms with Gasteiger partial charge in [-0.2, -0.15) is 0 Å². The second-order valence-electron chi connectivity index (χ2n) is 5.14. The van der Waals surface area contributed by atoms with Crippen molar-refractivity contribution in [2.24, 2.45) is 0 Å². The summed E-state index contributed by atoms with van der Waals surface area (Å²) in [4.78, 5) is 0.385. The van der Waals surface area contributed by atoms with Gasteiger partial charge in [0.2, 0.25) is 0 Å². The van der Waals surface area contributed by atoms with Crippen molar-refractivity contribution in [3.8, 4) is 0 Å². The first-order valence-electron chi connectivity index (χ1n) is 5.66. The van der Waals surface area contributed by atoms with Gasteiger partial charge in [-0.15, -0.1) is 11.6 Å². The van der Waals surface area contributed by atoms with Crippen molar-refractivity contribution in [2.45, 2.75) is 37.5 Å². The van der Waals surface area contributed by atoms with Crippen LogP contribution >= 0.6 is 11.6 Å². The third-order valence-corrected chi connectivity index (χ3v) is 4.71. The number of sulfone groups is 1. The second-order valence-corrected chi connectivity index (χ2v) is 7.62. The van der Waals surface area contributed by atoms with Crippen molar-refractivity contribution in [1.29, 1.82) is 0 Å². The summed E-state index contributed by atoms with van der Waals surface area (Å²) in [7, 11) is -3.17. The molecule has 0 aliphatic carbocycles. The number of hydrogen-bond acceptors (Lipinski definition) is 2. The third kappa shape index (κ3) is 4.00. The van der Waals surface area contributed by atoms with Gasteiger partial charge >= 0.3 is 0 Å². The number of hydrogen-bond donors (Lipinski definition) is 0. The number of halogens is 1. The van der Waals surface area contributed by atoms with Crippen molar-refractivity contribution in [1.82, 2.24) is 0 Å². The molecule has 96 valence electrons. The predicted molar refractivity (Wildman–Crippen MR) is 72.5 cm³/mol.